The van der Waals surface area contributed by atoms with Crippen LogP contribution in [0.2, 0.25) is 0 Å². The van der Waals surface area contributed by atoms with Crippen LogP contribution in [0.5, 0.6) is 5.75 Å². The van der Waals surface area contributed by atoms with Gasteiger partial charge in [0.25, 0.3) is 5.91 Å². The molecule has 3 aromatic rings. The Bertz CT molecular complexity index is 1070. The van der Waals surface area contributed by atoms with Crippen molar-refractivity contribution < 1.29 is 9.53 Å². The van der Waals surface area contributed by atoms with Gasteiger partial charge >= 0.3 is 0 Å². The second-order valence-corrected chi connectivity index (χ2v) is 7.92. The summed E-state index contributed by atoms with van der Waals surface area (Å²) in [6.45, 7) is 4.57. The van der Waals surface area contributed by atoms with Crippen molar-refractivity contribution in [3.8, 4) is 17.0 Å². The Morgan fingerprint density at radius 2 is 1.85 bits per heavy atom. The minimum Gasteiger partial charge on any atom is -0.496 e. The highest BCUT2D eigenvalue weighted by molar-refractivity contribution is 5.94. The highest BCUT2D eigenvalue weighted by atomic mass is 16.5. The lowest BCUT2D eigenvalue weighted by Crippen LogP contribution is -2.18. The van der Waals surface area contributed by atoms with Crippen LogP contribution in [0.15, 0.2) is 48.9 Å². The quantitative estimate of drug-likeness (QED) is 0.303. The standard InChI is InChI=1S/C25H33N7O2/c1-17(20-8-6-18(25(33)27-3)12-22(20)34-4)14-29-24-13-21(31-16-32-24)19-7-9-23(30-15-19)28-11-5-10-26-2/h6-9,12-13,15-17,26H,5,10-11,14H2,1-4H3,(H,27,33)(H,28,30)(H,29,31,32). The van der Waals surface area contributed by atoms with Gasteiger partial charge in [-0.3, -0.25) is 4.79 Å². The van der Waals surface area contributed by atoms with Crippen LogP contribution in [-0.4, -0.2) is 61.7 Å². The number of methoxy groups -OCH3 is 1. The van der Waals surface area contributed by atoms with Crippen molar-refractivity contribution in [1.82, 2.24) is 25.6 Å². The smallest absolute Gasteiger partial charge is 0.251 e. The second-order valence-electron chi connectivity index (χ2n) is 7.92. The molecule has 1 atom stereocenters. The number of hydrogen-bond donors (Lipinski definition) is 4. The molecule has 0 aliphatic heterocycles. The normalized spacial score (nSPS) is 11.5. The first-order valence-electron chi connectivity index (χ1n) is 11.4. The number of ether oxygens (including phenoxy) is 1. The molecule has 0 aliphatic rings. The summed E-state index contributed by atoms with van der Waals surface area (Å²) in [6.07, 6.45) is 4.39. The zero-order chi connectivity index (χ0) is 24.3. The number of benzene rings is 1. The molecule has 2 aromatic heterocycles. The molecule has 0 saturated carbocycles. The predicted octanol–water partition coefficient (Wildman–Crippen LogP) is 3.14. The number of pyridine rings is 1. The summed E-state index contributed by atoms with van der Waals surface area (Å²) in [4.78, 5) is 25.1. The Hall–Kier alpha value is -3.72. The molecule has 34 heavy (non-hydrogen) atoms. The summed E-state index contributed by atoms with van der Waals surface area (Å²) in [6, 6.07) is 11.4. The van der Waals surface area contributed by atoms with E-state index >= 15 is 0 Å². The number of aromatic nitrogens is 3. The summed E-state index contributed by atoms with van der Waals surface area (Å²) in [5.74, 6) is 2.24. The van der Waals surface area contributed by atoms with E-state index in [-0.39, 0.29) is 11.8 Å². The first-order chi connectivity index (χ1) is 16.5. The topological polar surface area (TPSA) is 113 Å². The number of amides is 1. The Morgan fingerprint density at radius 3 is 2.56 bits per heavy atom. The molecular formula is C25H33N7O2. The minimum atomic E-state index is -0.142. The molecule has 1 aromatic carbocycles. The van der Waals surface area contributed by atoms with Crippen LogP contribution >= 0.6 is 0 Å². The summed E-state index contributed by atoms with van der Waals surface area (Å²) in [5.41, 5.74) is 3.30. The molecule has 2 heterocycles. The van der Waals surface area contributed by atoms with Gasteiger partial charge in [0.1, 0.15) is 23.7 Å². The maximum Gasteiger partial charge on any atom is 0.251 e. The van der Waals surface area contributed by atoms with Gasteiger partial charge in [0, 0.05) is 49.4 Å². The van der Waals surface area contributed by atoms with Gasteiger partial charge < -0.3 is 26.0 Å². The monoisotopic (exact) mass is 463 g/mol. The summed E-state index contributed by atoms with van der Waals surface area (Å²) in [5, 5.41) is 12.5. The number of carbonyl (C=O) groups is 1. The maximum atomic E-state index is 11.9. The molecule has 0 spiro atoms. The molecule has 0 aliphatic carbocycles. The van der Waals surface area contributed by atoms with Crippen molar-refractivity contribution in [2.45, 2.75) is 19.3 Å². The fourth-order valence-corrected chi connectivity index (χ4v) is 3.51. The van der Waals surface area contributed by atoms with Crippen molar-refractivity contribution in [2.24, 2.45) is 0 Å². The van der Waals surface area contributed by atoms with Gasteiger partial charge in [-0.2, -0.15) is 0 Å². The number of carbonyl (C=O) groups excluding carboxylic acids is 1. The van der Waals surface area contributed by atoms with E-state index in [9.17, 15) is 4.79 Å². The van der Waals surface area contributed by atoms with Gasteiger partial charge in [-0.25, -0.2) is 15.0 Å². The Morgan fingerprint density at radius 1 is 1.00 bits per heavy atom. The second kappa shape index (κ2) is 12.5. The van der Waals surface area contributed by atoms with Crippen molar-refractivity contribution in [3.05, 3.63) is 60.0 Å². The van der Waals surface area contributed by atoms with Crippen LogP contribution in [-0.2, 0) is 0 Å². The lowest BCUT2D eigenvalue weighted by atomic mass is 9.98. The zero-order valence-corrected chi connectivity index (χ0v) is 20.2. The van der Waals surface area contributed by atoms with Gasteiger partial charge in [0.05, 0.1) is 12.8 Å². The number of hydrogen-bond acceptors (Lipinski definition) is 8. The van der Waals surface area contributed by atoms with Crippen molar-refractivity contribution in [1.29, 1.82) is 0 Å². The largest absolute Gasteiger partial charge is 0.496 e. The lowest BCUT2D eigenvalue weighted by molar-refractivity contribution is 0.0962. The van der Waals surface area contributed by atoms with Crippen LogP contribution < -0.4 is 26.0 Å². The minimum absolute atomic E-state index is 0.127. The molecular weight excluding hydrogens is 430 g/mol. The molecule has 0 saturated heterocycles. The van der Waals surface area contributed by atoms with Crippen LogP contribution in [0.4, 0.5) is 11.6 Å². The molecule has 9 heteroatoms. The number of nitrogens with zero attached hydrogens (tertiary/aromatic N) is 3. The average molecular weight is 464 g/mol. The molecule has 1 unspecified atom stereocenters. The summed E-state index contributed by atoms with van der Waals surface area (Å²) >= 11 is 0. The van der Waals surface area contributed by atoms with Crippen LogP contribution in [0.25, 0.3) is 11.3 Å². The third kappa shape index (κ3) is 6.64. The molecule has 1 amide bonds. The lowest BCUT2D eigenvalue weighted by Gasteiger charge is -2.17. The third-order valence-electron chi connectivity index (χ3n) is 5.48. The molecule has 0 fully saturated rings. The first kappa shape index (κ1) is 24.9. The van der Waals surface area contributed by atoms with E-state index in [1.54, 1.807) is 26.6 Å². The highest BCUT2D eigenvalue weighted by Crippen LogP contribution is 2.28. The molecule has 9 nitrogen and oxygen atoms in total. The van der Waals surface area contributed by atoms with Gasteiger partial charge in [-0.15, -0.1) is 0 Å². The first-order valence-corrected chi connectivity index (χ1v) is 11.4. The summed E-state index contributed by atoms with van der Waals surface area (Å²) in [7, 11) is 5.17. The van der Waals surface area contributed by atoms with Crippen molar-refractivity contribution in [3.63, 3.8) is 0 Å². The number of anilines is 2. The summed E-state index contributed by atoms with van der Waals surface area (Å²) < 4.78 is 5.53. The fraction of sp³-hybridized carbons (Fsp3) is 0.360. The Kier molecular flexibility index (Phi) is 9.16. The zero-order valence-electron chi connectivity index (χ0n) is 20.2. The Balaban J connectivity index is 1.63. The van der Waals surface area contributed by atoms with Crippen LogP contribution in [0, 0.1) is 0 Å². The molecule has 3 rings (SSSR count). The molecule has 0 bridgehead atoms. The maximum absolute atomic E-state index is 11.9. The van der Waals surface area contributed by atoms with E-state index in [1.165, 1.54) is 0 Å². The van der Waals surface area contributed by atoms with Gasteiger partial charge in [0.15, 0.2) is 0 Å². The van der Waals surface area contributed by atoms with E-state index in [1.807, 2.05) is 43.6 Å². The van der Waals surface area contributed by atoms with Crippen LogP contribution in [0.3, 0.4) is 0 Å². The number of nitrogens with one attached hydrogen (secondary N) is 4. The van der Waals surface area contributed by atoms with Crippen LogP contribution in [0.1, 0.15) is 35.2 Å². The molecule has 4 N–H and O–H groups in total. The van der Waals surface area contributed by atoms with Crippen molar-refractivity contribution >= 4 is 17.5 Å². The third-order valence-corrected chi connectivity index (χ3v) is 5.48. The van der Waals surface area contributed by atoms with Gasteiger partial charge in [0.2, 0.25) is 0 Å². The molecule has 0 radical (unpaired) electrons. The van der Waals surface area contributed by atoms with Crippen molar-refractivity contribution in [2.75, 3.05) is 51.5 Å². The van der Waals surface area contributed by atoms with E-state index in [0.29, 0.717) is 17.9 Å². The van der Waals surface area contributed by atoms with Gasteiger partial charge in [-0.05, 0) is 49.8 Å². The predicted molar refractivity (Wildman–Crippen MR) is 136 cm³/mol. The SMILES string of the molecule is CNCCCNc1ccc(-c2cc(NCC(C)c3ccc(C(=O)NC)cc3OC)ncn2)cn1. The Labute approximate surface area is 200 Å². The van der Waals surface area contributed by atoms with E-state index in [4.69, 9.17) is 4.74 Å². The number of rotatable bonds is 12. The average Bonchev–Trinajstić information content (AvgIpc) is 2.89. The molecule has 180 valence electrons. The van der Waals surface area contributed by atoms with E-state index in [2.05, 4.69) is 43.1 Å². The fourth-order valence-electron chi connectivity index (χ4n) is 3.51. The van der Waals surface area contributed by atoms with E-state index < -0.39 is 0 Å². The highest BCUT2D eigenvalue weighted by Gasteiger charge is 2.15. The van der Waals surface area contributed by atoms with E-state index in [0.717, 1.165) is 48.0 Å². The van der Waals surface area contributed by atoms with Gasteiger partial charge in [-0.1, -0.05) is 13.0 Å².